The number of anilines is 1. The molecule has 128 valence electrons. The van der Waals surface area contributed by atoms with Gasteiger partial charge in [-0.05, 0) is 42.5 Å². The van der Waals surface area contributed by atoms with Crippen LogP contribution in [0.2, 0.25) is 0 Å². The lowest BCUT2D eigenvalue weighted by molar-refractivity contribution is 0.0992. The molecule has 0 saturated heterocycles. The van der Waals surface area contributed by atoms with E-state index in [1.165, 1.54) is 7.11 Å². The highest BCUT2D eigenvalue weighted by Crippen LogP contribution is 2.22. The number of rotatable bonds is 6. The molecule has 0 aliphatic carbocycles. The van der Waals surface area contributed by atoms with Gasteiger partial charge in [-0.3, -0.25) is 4.79 Å². The van der Waals surface area contributed by atoms with Crippen molar-refractivity contribution in [1.29, 1.82) is 0 Å². The SMILES string of the molecule is COc1ncccc1NC(=O)c1ccc(COc2cccc(Br)c2)o1. The zero-order valence-electron chi connectivity index (χ0n) is 13.4. The topological polar surface area (TPSA) is 73.6 Å². The second kappa shape index (κ2) is 7.85. The van der Waals surface area contributed by atoms with Gasteiger partial charge in [0.2, 0.25) is 5.88 Å². The fourth-order valence-electron chi connectivity index (χ4n) is 2.12. The molecule has 1 N–H and O–H groups in total. The summed E-state index contributed by atoms with van der Waals surface area (Å²) in [5, 5.41) is 2.71. The summed E-state index contributed by atoms with van der Waals surface area (Å²) >= 11 is 3.38. The molecular weight excluding hydrogens is 388 g/mol. The van der Waals surface area contributed by atoms with Gasteiger partial charge in [0, 0.05) is 10.7 Å². The largest absolute Gasteiger partial charge is 0.486 e. The van der Waals surface area contributed by atoms with E-state index in [-0.39, 0.29) is 18.3 Å². The summed E-state index contributed by atoms with van der Waals surface area (Å²) in [4.78, 5) is 16.3. The minimum atomic E-state index is -0.389. The number of carbonyl (C=O) groups is 1. The predicted molar refractivity (Wildman–Crippen MR) is 95.9 cm³/mol. The smallest absolute Gasteiger partial charge is 0.291 e. The minimum Gasteiger partial charge on any atom is -0.486 e. The lowest BCUT2D eigenvalue weighted by atomic mass is 10.3. The van der Waals surface area contributed by atoms with Crippen LogP contribution >= 0.6 is 15.9 Å². The molecule has 0 unspecified atom stereocenters. The molecule has 25 heavy (non-hydrogen) atoms. The van der Waals surface area contributed by atoms with Gasteiger partial charge in [-0.25, -0.2) is 4.98 Å². The lowest BCUT2D eigenvalue weighted by Gasteiger charge is -2.07. The van der Waals surface area contributed by atoms with Crippen molar-refractivity contribution in [3.63, 3.8) is 0 Å². The van der Waals surface area contributed by atoms with Crippen molar-refractivity contribution in [2.45, 2.75) is 6.61 Å². The van der Waals surface area contributed by atoms with Gasteiger partial charge in [-0.1, -0.05) is 22.0 Å². The Kier molecular flexibility index (Phi) is 5.35. The van der Waals surface area contributed by atoms with Gasteiger partial charge >= 0.3 is 0 Å². The first-order chi connectivity index (χ1) is 12.2. The van der Waals surface area contributed by atoms with Crippen LogP contribution in [0.25, 0.3) is 0 Å². The summed E-state index contributed by atoms with van der Waals surface area (Å²) in [7, 11) is 1.49. The van der Waals surface area contributed by atoms with E-state index in [9.17, 15) is 4.79 Å². The van der Waals surface area contributed by atoms with E-state index in [0.717, 1.165) is 4.47 Å². The van der Waals surface area contributed by atoms with Crippen LogP contribution in [0.3, 0.4) is 0 Å². The van der Waals surface area contributed by atoms with Crippen molar-refractivity contribution in [3.8, 4) is 11.6 Å². The van der Waals surface area contributed by atoms with Crippen molar-refractivity contribution in [1.82, 2.24) is 4.98 Å². The van der Waals surface area contributed by atoms with Crippen LogP contribution in [0, 0.1) is 0 Å². The Morgan fingerprint density at radius 3 is 2.92 bits per heavy atom. The number of amides is 1. The van der Waals surface area contributed by atoms with Gasteiger partial charge < -0.3 is 19.2 Å². The molecular formula is C18H15BrN2O4. The Morgan fingerprint density at radius 2 is 2.12 bits per heavy atom. The van der Waals surface area contributed by atoms with Crippen LogP contribution in [0.1, 0.15) is 16.3 Å². The second-order valence-electron chi connectivity index (χ2n) is 5.03. The third kappa shape index (κ3) is 4.39. The molecule has 0 radical (unpaired) electrons. The molecule has 0 atom stereocenters. The molecule has 1 amide bonds. The highest BCUT2D eigenvalue weighted by Gasteiger charge is 2.14. The van der Waals surface area contributed by atoms with E-state index < -0.39 is 0 Å². The first kappa shape index (κ1) is 17.0. The van der Waals surface area contributed by atoms with Crippen molar-refractivity contribution in [2.24, 2.45) is 0 Å². The number of halogens is 1. The second-order valence-corrected chi connectivity index (χ2v) is 5.94. The van der Waals surface area contributed by atoms with Crippen LogP contribution < -0.4 is 14.8 Å². The summed E-state index contributed by atoms with van der Waals surface area (Å²) in [5.41, 5.74) is 0.471. The maximum absolute atomic E-state index is 12.3. The monoisotopic (exact) mass is 402 g/mol. The van der Waals surface area contributed by atoms with Crippen molar-refractivity contribution in [2.75, 3.05) is 12.4 Å². The maximum Gasteiger partial charge on any atom is 0.291 e. The number of hydrogen-bond acceptors (Lipinski definition) is 5. The van der Waals surface area contributed by atoms with Gasteiger partial charge in [0.1, 0.15) is 23.8 Å². The Balaban J connectivity index is 1.63. The number of methoxy groups -OCH3 is 1. The molecule has 7 heteroatoms. The number of carbonyl (C=O) groups excluding carboxylic acids is 1. The molecule has 0 bridgehead atoms. The zero-order valence-corrected chi connectivity index (χ0v) is 14.9. The molecule has 1 aromatic carbocycles. The molecule has 2 aromatic heterocycles. The first-order valence-electron chi connectivity index (χ1n) is 7.43. The van der Waals surface area contributed by atoms with E-state index in [1.54, 1.807) is 30.5 Å². The normalized spacial score (nSPS) is 10.3. The number of pyridine rings is 1. The lowest BCUT2D eigenvalue weighted by Crippen LogP contribution is -2.12. The van der Waals surface area contributed by atoms with E-state index in [2.05, 4.69) is 26.2 Å². The van der Waals surface area contributed by atoms with Gasteiger partial charge in [0.15, 0.2) is 5.76 Å². The molecule has 6 nitrogen and oxygen atoms in total. The number of nitrogens with zero attached hydrogens (tertiary/aromatic N) is 1. The quantitative estimate of drug-likeness (QED) is 0.665. The van der Waals surface area contributed by atoms with Gasteiger partial charge in [0.05, 0.1) is 7.11 Å². The number of benzene rings is 1. The predicted octanol–water partition coefficient (Wildman–Crippen LogP) is 4.28. The fourth-order valence-corrected chi connectivity index (χ4v) is 2.50. The third-order valence-corrected chi connectivity index (χ3v) is 3.77. The number of hydrogen-bond donors (Lipinski definition) is 1. The maximum atomic E-state index is 12.3. The Bertz CT molecular complexity index is 879. The first-order valence-corrected chi connectivity index (χ1v) is 8.22. The molecule has 0 saturated carbocycles. The molecule has 3 aromatic rings. The molecule has 3 rings (SSSR count). The standard InChI is InChI=1S/C18H15BrN2O4/c1-23-18-15(6-3-9-20-18)21-17(22)16-8-7-14(25-16)11-24-13-5-2-4-12(19)10-13/h2-10H,11H2,1H3,(H,21,22). The van der Waals surface area contributed by atoms with Crippen LogP contribution in [0.4, 0.5) is 5.69 Å². The zero-order chi connectivity index (χ0) is 17.6. The van der Waals surface area contributed by atoms with Crippen molar-refractivity contribution < 1.29 is 18.7 Å². The summed E-state index contributed by atoms with van der Waals surface area (Å²) in [6, 6.07) is 14.2. The van der Waals surface area contributed by atoms with E-state index in [1.807, 2.05) is 24.3 Å². The Morgan fingerprint density at radius 1 is 1.24 bits per heavy atom. The summed E-state index contributed by atoms with van der Waals surface area (Å²) in [5.74, 6) is 1.37. The van der Waals surface area contributed by atoms with Crippen LogP contribution in [-0.4, -0.2) is 18.0 Å². The molecule has 0 aliphatic heterocycles. The van der Waals surface area contributed by atoms with Gasteiger partial charge in [-0.2, -0.15) is 0 Å². The molecule has 0 aliphatic rings. The third-order valence-electron chi connectivity index (χ3n) is 3.28. The number of nitrogens with one attached hydrogen (secondary N) is 1. The average molecular weight is 403 g/mol. The van der Waals surface area contributed by atoms with E-state index >= 15 is 0 Å². The van der Waals surface area contributed by atoms with Gasteiger partial charge in [0.25, 0.3) is 5.91 Å². The fraction of sp³-hybridized carbons (Fsp3) is 0.111. The average Bonchev–Trinajstić information content (AvgIpc) is 3.10. The Hall–Kier alpha value is -2.80. The number of furan rings is 1. The molecule has 0 spiro atoms. The highest BCUT2D eigenvalue weighted by atomic mass is 79.9. The number of ether oxygens (including phenoxy) is 2. The van der Waals surface area contributed by atoms with Crippen LogP contribution in [-0.2, 0) is 6.61 Å². The van der Waals surface area contributed by atoms with Crippen LogP contribution in [0.15, 0.2) is 63.6 Å². The van der Waals surface area contributed by atoms with Crippen molar-refractivity contribution >= 4 is 27.5 Å². The van der Waals surface area contributed by atoms with E-state index in [4.69, 9.17) is 13.9 Å². The molecule has 0 fully saturated rings. The highest BCUT2D eigenvalue weighted by molar-refractivity contribution is 9.10. The Labute approximate surface area is 152 Å². The molecule has 2 heterocycles. The summed E-state index contributed by atoms with van der Waals surface area (Å²) < 4.78 is 17.2. The number of aromatic nitrogens is 1. The van der Waals surface area contributed by atoms with Crippen LogP contribution in [0.5, 0.6) is 11.6 Å². The summed E-state index contributed by atoms with van der Waals surface area (Å²) in [6.07, 6.45) is 1.58. The minimum absolute atomic E-state index is 0.179. The van der Waals surface area contributed by atoms with E-state index in [0.29, 0.717) is 23.1 Å². The van der Waals surface area contributed by atoms with Crippen molar-refractivity contribution in [3.05, 3.63) is 70.7 Å². The summed E-state index contributed by atoms with van der Waals surface area (Å²) in [6.45, 7) is 0.222. The van der Waals surface area contributed by atoms with Gasteiger partial charge in [-0.15, -0.1) is 0 Å².